The summed E-state index contributed by atoms with van der Waals surface area (Å²) in [6.45, 7) is 8.45. The number of primary sulfonamides is 1. The Morgan fingerprint density at radius 3 is 1.32 bits per heavy atom. The van der Waals surface area contributed by atoms with E-state index in [-0.39, 0.29) is 5.25 Å². The maximum Gasteiger partial charge on any atom is 0.317 e. The number of halogens is 2. The summed E-state index contributed by atoms with van der Waals surface area (Å²) in [5, 5.41) is 4.76. The van der Waals surface area contributed by atoms with Gasteiger partial charge in [0.2, 0.25) is 10.0 Å². The van der Waals surface area contributed by atoms with Crippen LogP contribution in [0.5, 0.6) is 0 Å². The smallest absolute Gasteiger partial charge is 0.228 e. The molecule has 0 aromatic rings. The highest BCUT2D eigenvalue weighted by atomic mass is 36.0. The second-order valence-electron chi connectivity index (χ2n) is 4.87. The third-order valence-electron chi connectivity index (χ3n) is 2.66. The Labute approximate surface area is 145 Å². The molecule has 0 aliphatic heterocycles. The average Bonchev–Trinajstić information content (AvgIpc) is 2.33. The van der Waals surface area contributed by atoms with E-state index < -0.39 is 18.3 Å². The van der Waals surface area contributed by atoms with E-state index in [1.165, 1.54) is 19.3 Å². The standard InChI is InChI=1S/C8H19NO2S.C5H12.Cl2O2S/c1-3-5-7-8(6-4-2)12(9,10)11;1-3-5-4-2;1-5(2,3)4/h8H,3-7H2,1-2H3,(H2,9,10,11);3-5H2,1-2H3;. The zero-order valence-electron chi connectivity index (χ0n) is 14.0. The zero-order chi connectivity index (χ0) is 18.2. The molecule has 0 aromatic heterocycles. The molecule has 0 fully saturated rings. The van der Waals surface area contributed by atoms with Gasteiger partial charge < -0.3 is 0 Å². The van der Waals surface area contributed by atoms with E-state index in [1.807, 2.05) is 13.8 Å². The fourth-order valence-electron chi connectivity index (χ4n) is 1.58. The van der Waals surface area contributed by atoms with Crippen molar-refractivity contribution >= 4 is 39.7 Å². The Morgan fingerprint density at radius 2 is 1.14 bits per heavy atom. The Balaban J connectivity index is -0.000000298. The molecule has 0 radical (unpaired) electrons. The first-order valence-corrected chi connectivity index (χ1v) is 12.3. The molecule has 0 spiro atoms. The van der Waals surface area contributed by atoms with Crippen LogP contribution in [-0.2, 0) is 18.3 Å². The van der Waals surface area contributed by atoms with Crippen molar-refractivity contribution in [1.82, 2.24) is 0 Å². The number of unbranched alkanes of at least 4 members (excludes halogenated alkanes) is 3. The van der Waals surface area contributed by atoms with Gasteiger partial charge in [-0.25, -0.2) is 13.6 Å². The zero-order valence-corrected chi connectivity index (χ0v) is 17.2. The van der Waals surface area contributed by atoms with Crippen molar-refractivity contribution < 1.29 is 16.8 Å². The molecule has 0 heterocycles. The van der Waals surface area contributed by atoms with E-state index >= 15 is 0 Å². The molecule has 1 atom stereocenters. The summed E-state index contributed by atoms with van der Waals surface area (Å²) < 4.78 is 40.3. The van der Waals surface area contributed by atoms with Crippen LogP contribution in [0.25, 0.3) is 0 Å². The average molecular weight is 400 g/mol. The molecule has 5 nitrogen and oxygen atoms in total. The summed E-state index contributed by atoms with van der Waals surface area (Å²) in [4.78, 5) is 0. The highest BCUT2D eigenvalue weighted by molar-refractivity contribution is 8.31. The molecule has 0 saturated carbocycles. The van der Waals surface area contributed by atoms with Crippen molar-refractivity contribution in [3.05, 3.63) is 0 Å². The maximum atomic E-state index is 11.0. The van der Waals surface area contributed by atoms with E-state index in [1.54, 1.807) is 0 Å². The van der Waals surface area contributed by atoms with E-state index in [2.05, 4.69) is 35.2 Å². The van der Waals surface area contributed by atoms with Gasteiger partial charge in [0, 0.05) is 21.4 Å². The van der Waals surface area contributed by atoms with E-state index in [4.69, 9.17) is 13.6 Å². The fraction of sp³-hybridized carbons (Fsp3) is 1.00. The predicted octanol–water partition coefficient (Wildman–Crippen LogP) is 4.54. The van der Waals surface area contributed by atoms with Crippen LogP contribution in [0.3, 0.4) is 0 Å². The van der Waals surface area contributed by atoms with Gasteiger partial charge in [0.15, 0.2) is 0 Å². The predicted molar refractivity (Wildman–Crippen MR) is 97.2 cm³/mol. The van der Waals surface area contributed by atoms with E-state index in [0.29, 0.717) is 12.8 Å². The highest BCUT2D eigenvalue weighted by Gasteiger charge is 2.18. The number of sulfonamides is 1. The lowest BCUT2D eigenvalue weighted by Crippen LogP contribution is -2.28. The molecule has 0 amide bonds. The summed E-state index contributed by atoms with van der Waals surface area (Å²) >= 11 is 0. The van der Waals surface area contributed by atoms with Gasteiger partial charge in [-0.05, 0) is 12.8 Å². The molecule has 0 rings (SSSR count). The molecular formula is C13H31Cl2NO4S2. The lowest BCUT2D eigenvalue weighted by molar-refractivity contribution is 0.549. The lowest BCUT2D eigenvalue weighted by Gasteiger charge is -2.12. The van der Waals surface area contributed by atoms with Crippen LogP contribution in [0.1, 0.15) is 79.1 Å². The van der Waals surface area contributed by atoms with Gasteiger partial charge in [0.05, 0.1) is 5.25 Å². The molecule has 0 aromatic carbocycles. The van der Waals surface area contributed by atoms with E-state index in [0.717, 1.165) is 19.3 Å². The van der Waals surface area contributed by atoms with Gasteiger partial charge in [0.25, 0.3) is 0 Å². The van der Waals surface area contributed by atoms with Gasteiger partial charge in [0.1, 0.15) is 0 Å². The van der Waals surface area contributed by atoms with Gasteiger partial charge in [-0.2, -0.15) is 8.42 Å². The van der Waals surface area contributed by atoms with E-state index in [9.17, 15) is 8.42 Å². The highest BCUT2D eigenvalue weighted by Crippen LogP contribution is 2.12. The minimum absolute atomic E-state index is 0.317. The second-order valence-corrected chi connectivity index (χ2v) is 10.4. The molecule has 138 valence electrons. The van der Waals surface area contributed by atoms with Gasteiger partial charge >= 0.3 is 8.26 Å². The SMILES string of the molecule is CCCCC.CCCCC(CCC)S(N)(=O)=O.O=S(=O)(Cl)Cl. The molecular weight excluding hydrogens is 369 g/mol. The van der Waals surface area contributed by atoms with Crippen molar-refractivity contribution in [2.45, 2.75) is 84.3 Å². The number of rotatable bonds is 8. The largest absolute Gasteiger partial charge is 0.317 e. The minimum atomic E-state index is -3.72. The third kappa shape index (κ3) is 32.4. The Morgan fingerprint density at radius 1 is 0.773 bits per heavy atom. The van der Waals surface area contributed by atoms with Gasteiger partial charge in [-0.1, -0.05) is 66.2 Å². The number of hydrogen-bond donors (Lipinski definition) is 1. The molecule has 0 aliphatic carbocycles. The number of hydrogen-bond acceptors (Lipinski definition) is 4. The summed E-state index contributed by atoms with van der Waals surface area (Å²) in [7, 11) is 1.51. The summed E-state index contributed by atoms with van der Waals surface area (Å²) in [5.41, 5.74) is 0. The van der Waals surface area contributed by atoms with Crippen LogP contribution >= 0.6 is 21.4 Å². The second kappa shape index (κ2) is 16.3. The first-order valence-electron chi connectivity index (χ1n) is 7.59. The monoisotopic (exact) mass is 399 g/mol. The van der Waals surface area contributed by atoms with Crippen molar-refractivity contribution in [1.29, 1.82) is 0 Å². The molecule has 9 heteroatoms. The van der Waals surface area contributed by atoms with Crippen molar-refractivity contribution in [3.8, 4) is 0 Å². The van der Waals surface area contributed by atoms with Crippen LogP contribution in [0.15, 0.2) is 0 Å². The molecule has 0 saturated heterocycles. The van der Waals surface area contributed by atoms with Crippen LogP contribution in [0, 0.1) is 0 Å². The summed E-state index contributed by atoms with van der Waals surface area (Å²) in [6, 6.07) is 0. The maximum absolute atomic E-state index is 11.0. The van der Waals surface area contributed by atoms with Crippen molar-refractivity contribution in [3.63, 3.8) is 0 Å². The first kappa shape index (κ1) is 27.3. The molecule has 22 heavy (non-hydrogen) atoms. The first-order chi connectivity index (χ1) is 9.93. The topological polar surface area (TPSA) is 94.3 Å². The van der Waals surface area contributed by atoms with Crippen LogP contribution in [0.2, 0.25) is 0 Å². The van der Waals surface area contributed by atoms with Gasteiger partial charge in [-0.3, -0.25) is 0 Å². The molecule has 0 aliphatic rings. The Kier molecular flexibility index (Phi) is 20.2. The van der Waals surface area contributed by atoms with Crippen molar-refractivity contribution in [2.24, 2.45) is 5.14 Å². The van der Waals surface area contributed by atoms with Crippen LogP contribution < -0.4 is 5.14 Å². The quantitative estimate of drug-likeness (QED) is 0.605. The van der Waals surface area contributed by atoms with Gasteiger partial charge in [-0.15, -0.1) is 0 Å². The van der Waals surface area contributed by atoms with Crippen LogP contribution in [0.4, 0.5) is 0 Å². The molecule has 2 N–H and O–H groups in total. The summed E-state index contributed by atoms with van der Waals surface area (Å²) in [5.74, 6) is 0. The number of nitrogens with two attached hydrogens (primary N) is 1. The fourth-order valence-corrected chi connectivity index (χ4v) is 2.64. The summed E-state index contributed by atoms with van der Waals surface area (Å²) in [6.07, 6.45) is 8.33. The minimum Gasteiger partial charge on any atom is -0.228 e. The third-order valence-corrected chi connectivity index (χ3v) is 4.06. The van der Waals surface area contributed by atoms with Crippen molar-refractivity contribution in [2.75, 3.05) is 0 Å². The Hall–Kier alpha value is 0.440. The van der Waals surface area contributed by atoms with Crippen LogP contribution in [-0.4, -0.2) is 22.1 Å². The Bertz CT molecular complexity index is 415. The molecule has 1 unspecified atom stereocenters. The normalized spacial score (nSPS) is 12.5. The molecule has 0 bridgehead atoms. The lowest BCUT2D eigenvalue weighted by atomic mass is 10.1.